The van der Waals surface area contributed by atoms with E-state index in [0.29, 0.717) is 6.54 Å². The van der Waals surface area contributed by atoms with Gasteiger partial charge in [0.25, 0.3) is 0 Å². The van der Waals surface area contributed by atoms with Crippen LogP contribution in [-0.2, 0) is 6.54 Å². The maximum Gasteiger partial charge on any atom is 0.317 e. The lowest BCUT2D eigenvalue weighted by atomic mass is 9.77. The Hall–Kier alpha value is -1.14. The number of likely N-dealkylation sites (tertiary alicyclic amines) is 1. The summed E-state index contributed by atoms with van der Waals surface area (Å²) < 4.78 is 0. The molecule has 1 saturated heterocycles. The average Bonchev–Trinajstić information content (AvgIpc) is 2.83. The molecule has 0 aromatic carbocycles. The first kappa shape index (κ1) is 16.2. The Bertz CT molecular complexity index is 468. The predicted octanol–water partition coefficient (Wildman–Crippen LogP) is 2.45. The molecule has 2 amide bonds. The van der Waals surface area contributed by atoms with Crippen molar-refractivity contribution in [3.05, 3.63) is 15.6 Å². The number of nitrogens with one attached hydrogen (secondary N) is 1. The highest BCUT2D eigenvalue weighted by atomic mass is 32.1. The molecule has 2 rings (SSSR count). The summed E-state index contributed by atoms with van der Waals surface area (Å²) in [5.74, 6) is 0. The fourth-order valence-electron chi connectivity index (χ4n) is 2.69. The minimum Gasteiger partial charge on any atom is -0.396 e. The molecule has 21 heavy (non-hydrogen) atoms. The van der Waals surface area contributed by atoms with E-state index in [0.717, 1.165) is 43.1 Å². The largest absolute Gasteiger partial charge is 0.396 e. The van der Waals surface area contributed by atoms with Gasteiger partial charge in [0.05, 0.1) is 12.2 Å². The second-order valence-corrected chi connectivity index (χ2v) is 7.19. The Balaban J connectivity index is 1.82. The first-order valence-corrected chi connectivity index (χ1v) is 8.38. The molecular formula is C15H25N3O2S. The molecule has 1 aromatic rings. The number of carbonyl (C=O) groups excluding carboxylic acids is 1. The highest BCUT2D eigenvalue weighted by Gasteiger charge is 2.33. The number of amides is 2. The monoisotopic (exact) mass is 311 g/mol. The van der Waals surface area contributed by atoms with Crippen LogP contribution in [0.25, 0.3) is 0 Å². The van der Waals surface area contributed by atoms with E-state index in [1.165, 1.54) is 4.88 Å². The van der Waals surface area contributed by atoms with E-state index in [2.05, 4.69) is 17.2 Å². The minimum atomic E-state index is -0.0249. The maximum absolute atomic E-state index is 12.2. The highest BCUT2D eigenvalue weighted by molar-refractivity contribution is 7.11. The van der Waals surface area contributed by atoms with Crippen molar-refractivity contribution in [1.29, 1.82) is 0 Å². The smallest absolute Gasteiger partial charge is 0.317 e. The summed E-state index contributed by atoms with van der Waals surface area (Å²) in [6.45, 7) is 8.29. The third kappa shape index (κ3) is 3.74. The molecule has 0 unspecified atom stereocenters. The van der Waals surface area contributed by atoms with Crippen molar-refractivity contribution in [3.8, 4) is 0 Å². The zero-order valence-electron chi connectivity index (χ0n) is 13.1. The van der Waals surface area contributed by atoms with Crippen LogP contribution in [0.5, 0.6) is 0 Å². The fraction of sp³-hybridized carbons (Fsp3) is 0.733. The third-order valence-corrected chi connectivity index (χ3v) is 5.73. The van der Waals surface area contributed by atoms with Crippen molar-refractivity contribution in [2.45, 2.75) is 46.6 Å². The van der Waals surface area contributed by atoms with Crippen LogP contribution < -0.4 is 5.32 Å². The Morgan fingerprint density at radius 2 is 2.10 bits per heavy atom. The topological polar surface area (TPSA) is 65.5 Å². The standard InChI is InChI=1S/C15H25N3O2S/c1-4-15(10-19)5-7-18(8-6-15)14(20)16-9-13-17-11(2)12(3)21-13/h19H,4-10H2,1-3H3,(H,16,20). The van der Waals surface area contributed by atoms with Crippen LogP contribution in [0.2, 0.25) is 0 Å². The minimum absolute atomic E-state index is 0.0142. The number of nitrogens with zero attached hydrogens (tertiary/aromatic N) is 2. The Kier molecular flexibility index (Phi) is 5.22. The summed E-state index contributed by atoms with van der Waals surface area (Å²) in [6, 6.07) is -0.0249. The number of rotatable bonds is 4. The molecule has 1 aliphatic rings. The number of piperidine rings is 1. The Morgan fingerprint density at radius 3 is 2.57 bits per heavy atom. The van der Waals surface area contributed by atoms with Gasteiger partial charge in [0, 0.05) is 24.6 Å². The molecule has 2 N–H and O–H groups in total. The van der Waals surface area contributed by atoms with Gasteiger partial charge in [-0.1, -0.05) is 6.92 Å². The molecule has 1 fully saturated rings. The molecule has 0 aliphatic carbocycles. The van der Waals surface area contributed by atoms with Gasteiger partial charge < -0.3 is 15.3 Å². The second-order valence-electron chi connectivity index (χ2n) is 5.91. The second kappa shape index (κ2) is 6.75. The number of hydrogen-bond donors (Lipinski definition) is 2. The molecule has 0 radical (unpaired) electrons. The number of aryl methyl sites for hydroxylation is 2. The molecule has 6 heteroatoms. The van der Waals surface area contributed by atoms with Gasteiger partial charge in [-0.2, -0.15) is 0 Å². The van der Waals surface area contributed by atoms with E-state index in [1.54, 1.807) is 11.3 Å². The maximum atomic E-state index is 12.2. The highest BCUT2D eigenvalue weighted by Crippen LogP contribution is 2.34. The molecule has 0 spiro atoms. The molecule has 118 valence electrons. The lowest BCUT2D eigenvalue weighted by Crippen LogP contribution is -2.48. The summed E-state index contributed by atoms with van der Waals surface area (Å²) in [6.07, 6.45) is 2.72. The predicted molar refractivity (Wildman–Crippen MR) is 84.4 cm³/mol. The quantitative estimate of drug-likeness (QED) is 0.897. The van der Waals surface area contributed by atoms with Crippen LogP contribution in [0.1, 0.15) is 41.8 Å². The summed E-state index contributed by atoms with van der Waals surface area (Å²) in [7, 11) is 0. The first-order valence-electron chi connectivity index (χ1n) is 7.56. The van der Waals surface area contributed by atoms with Crippen LogP contribution in [0, 0.1) is 19.3 Å². The van der Waals surface area contributed by atoms with E-state index >= 15 is 0 Å². The fourth-order valence-corrected chi connectivity index (χ4v) is 3.56. The summed E-state index contributed by atoms with van der Waals surface area (Å²) >= 11 is 1.63. The van der Waals surface area contributed by atoms with Crippen molar-refractivity contribution >= 4 is 17.4 Å². The van der Waals surface area contributed by atoms with E-state index in [4.69, 9.17) is 0 Å². The number of hydrogen-bond acceptors (Lipinski definition) is 4. The van der Waals surface area contributed by atoms with E-state index in [9.17, 15) is 9.90 Å². The van der Waals surface area contributed by atoms with Crippen molar-refractivity contribution < 1.29 is 9.90 Å². The van der Waals surface area contributed by atoms with Crippen molar-refractivity contribution in [1.82, 2.24) is 15.2 Å². The van der Waals surface area contributed by atoms with Crippen molar-refractivity contribution in [3.63, 3.8) is 0 Å². The molecular weight excluding hydrogens is 286 g/mol. The molecule has 0 bridgehead atoms. The molecule has 0 saturated carbocycles. The number of aliphatic hydroxyl groups excluding tert-OH is 1. The van der Waals surface area contributed by atoms with Crippen molar-refractivity contribution in [2.24, 2.45) is 5.41 Å². The lowest BCUT2D eigenvalue weighted by molar-refractivity contribution is 0.0519. The molecule has 1 aromatic heterocycles. The third-order valence-electron chi connectivity index (χ3n) is 4.66. The Morgan fingerprint density at radius 1 is 1.43 bits per heavy atom. The van der Waals surface area contributed by atoms with E-state index < -0.39 is 0 Å². The SMILES string of the molecule is CCC1(CO)CCN(C(=O)NCc2nc(C)c(C)s2)CC1. The van der Waals surface area contributed by atoms with Crippen LogP contribution >= 0.6 is 11.3 Å². The molecule has 1 aliphatic heterocycles. The van der Waals surface area contributed by atoms with Crippen LogP contribution in [0.15, 0.2) is 0 Å². The van der Waals surface area contributed by atoms with E-state index in [1.807, 2.05) is 18.7 Å². The van der Waals surface area contributed by atoms with Gasteiger partial charge in [-0.3, -0.25) is 0 Å². The number of carbonyl (C=O) groups is 1. The molecule has 2 heterocycles. The van der Waals surface area contributed by atoms with Gasteiger partial charge in [0.15, 0.2) is 0 Å². The summed E-state index contributed by atoms with van der Waals surface area (Å²) in [5, 5.41) is 13.4. The number of aliphatic hydroxyl groups is 1. The van der Waals surface area contributed by atoms with E-state index in [-0.39, 0.29) is 18.1 Å². The van der Waals surface area contributed by atoms with Gasteiger partial charge in [-0.25, -0.2) is 9.78 Å². The van der Waals surface area contributed by atoms with Crippen LogP contribution in [0.3, 0.4) is 0 Å². The van der Waals surface area contributed by atoms with Gasteiger partial charge in [0.2, 0.25) is 0 Å². The van der Waals surface area contributed by atoms with Gasteiger partial charge in [-0.05, 0) is 38.5 Å². The summed E-state index contributed by atoms with van der Waals surface area (Å²) in [5.41, 5.74) is 1.05. The zero-order chi connectivity index (χ0) is 15.5. The Labute approximate surface area is 130 Å². The number of urea groups is 1. The normalized spacial score (nSPS) is 17.8. The van der Waals surface area contributed by atoms with Crippen LogP contribution in [0.4, 0.5) is 4.79 Å². The number of thiazole rings is 1. The zero-order valence-corrected chi connectivity index (χ0v) is 13.9. The summed E-state index contributed by atoms with van der Waals surface area (Å²) in [4.78, 5) is 19.7. The number of aromatic nitrogens is 1. The lowest BCUT2D eigenvalue weighted by Gasteiger charge is -2.40. The van der Waals surface area contributed by atoms with Crippen LogP contribution in [-0.4, -0.2) is 40.7 Å². The van der Waals surface area contributed by atoms with Gasteiger partial charge in [-0.15, -0.1) is 11.3 Å². The average molecular weight is 311 g/mol. The molecule has 0 atom stereocenters. The van der Waals surface area contributed by atoms with Crippen molar-refractivity contribution in [2.75, 3.05) is 19.7 Å². The first-order chi connectivity index (χ1) is 9.99. The molecule has 5 nitrogen and oxygen atoms in total. The van der Waals surface area contributed by atoms with Gasteiger partial charge in [0.1, 0.15) is 5.01 Å². The van der Waals surface area contributed by atoms with Gasteiger partial charge >= 0.3 is 6.03 Å².